The number of hydrogen-bond donors (Lipinski definition) is 0. The maximum Gasteiger partial charge on any atom is 0.267 e. The number of carbonyl (C=O) groups excluding carboxylic acids is 1. The molecular formula is C20H22FN3O3. The number of aromatic nitrogens is 2. The number of rotatable bonds is 4. The maximum absolute atomic E-state index is 13.4. The molecule has 0 bridgehead atoms. The molecule has 0 spiro atoms. The van der Waals surface area contributed by atoms with Gasteiger partial charge in [0.2, 0.25) is 5.91 Å². The zero-order valence-corrected chi connectivity index (χ0v) is 15.2. The Kier molecular flexibility index (Phi) is 4.68. The molecule has 0 radical (unpaired) electrons. The topological polar surface area (TPSA) is 64.4 Å². The number of hydrogen-bond acceptors (Lipinski definition) is 4. The SMILES string of the molecule is Cc1ccc(=O)n(CC(=O)N2C[C@@H]3CC[C@H](Oc4cccc(F)c4)[C@@H]3C2)n1. The summed E-state index contributed by atoms with van der Waals surface area (Å²) in [4.78, 5) is 26.3. The van der Waals surface area contributed by atoms with Crippen LogP contribution in [0.15, 0.2) is 41.2 Å². The van der Waals surface area contributed by atoms with Gasteiger partial charge < -0.3 is 9.64 Å². The van der Waals surface area contributed by atoms with Gasteiger partial charge in [-0.15, -0.1) is 0 Å². The number of carbonyl (C=O) groups is 1. The van der Waals surface area contributed by atoms with E-state index >= 15 is 0 Å². The minimum absolute atomic E-state index is 0.0191. The lowest BCUT2D eigenvalue weighted by Crippen LogP contribution is -2.37. The van der Waals surface area contributed by atoms with Gasteiger partial charge in [0.05, 0.1) is 5.69 Å². The molecule has 27 heavy (non-hydrogen) atoms. The second-order valence-corrected chi connectivity index (χ2v) is 7.38. The highest BCUT2D eigenvalue weighted by atomic mass is 19.1. The largest absolute Gasteiger partial charge is 0.490 e. The number of aryl methyl sites for hydroxylation is 1. The van der Waals surface area contributed by atoms with Crippen molar-refractivity contribution >= 4 is 5.91 Å². The van der Waals surface area contributed by atoms with E-state index in [2.05, 4.69) is 5.10 Å². The summed E-state index contributed by atoms with van der Waals surface area (Å²) in [5.74, 6) is 0.727. The highest BCUT2D eigenvalue weighted by molar-refractivity contribution is 5.76. The third kappa shape index (κ3) is 3.72. The minimum atomic E-state index is -0.318. The van der Waals surface area contributed by atoms with Crippen LogP contribution < -0.4 is 10.3 Å². The van der Waals surface area contributed by atoms with Gasteiger partial charge in [-0.25, -0.2) is 9.07 Å². The fourth-order valence-corrected chi connectivity index (χ4v) is 4.17. The van der Waals surface area contributed by atoms with Crippen molar-refractivity contribution < 1.29 is 13.9 Å². The highest BCUT2D eigenvalue weighted by Gasteiger charge is 2.45. The standard InChI is InChI=1S/C20H22FN3O3/c1-13-5-8-19(25)24(22-13)12-20(26)23-10-14-6-7-18(17(14)11-23)27-16-4-2-3-15(21)9-16/h2-5,8-9,14,17-18H,6-7,10-12H2,1H3/t14-,17+,18-/m0/s1. The van der Waals surface area contributed by atoms with Crippen molar-refractivity contribution in [1.82, 2.24) is 14.7 Å². The van der Waals surface area contributed by atoms with E-state index in [4.69, 9.17) is 4.74 Å². The van der Waals surface area contributed by atoms with Crippen molar-refractivity contribution in [3.05, 3.63) is 58.3 Å². The van der Waals surface area contributed by atoms with E-state index in [-0.39, 0.29) is 35.9 Å². The van der Waals surface area contributed by atoms with E-state index in [1.165, 1.54) is 22.9 Å². The first-order valence-corrected chi connectivity index (χ1v) is 9.24. The van der Waals surface area contributed by atoms with Crippen molar-refractivity contribution in [2.75, 3.05) is 13.1 Å². The van der Waals surface area contributed by atoms with Crippen LogP contribution in [0.4, 0.5) is 4.39 Å². The van der Waals surface area contributed by atoms with Gasteiger partial charge in [0, 0.05) is 31.1 Å². The highest BCUT2D eigenvalue weighted by Crippen LogP contribution is 2.40. The average Bonchev–Trinajstić information content (AvgIpc) is 3.20. The lowest BCUT2D eigenvalue weighted by Gasteiger charge is -2.22. The van der Waals surface area contributed by atoms with Crippen LogP contribution in [-0.4, -0.2) is 39.8 Å². The van der Waals surface area contributed by atoms with Gasteiger partial charge in [0.25, 0.3) is 5.56 Å². The average molecular weight is 371 g/mol. The molecule has 7 heteroatoms. The summed E-state index contributed by atoms with van der Waals surface area (Å²) in [7, 11) is 0. The molecular weight excluding hydrogens is 349 g/mol. The lowest BCUT2D eigenvalue weighted by atomic mass is 9.99. The van der Waals surface area contributed by atoms with Crippen molar-refractivity contribution in [3.63, 3.8) is 0 Å². The molecule has 1 aromatic heterocycles. The lowest BCUT2D eigenvalue weighted by molar-refractivity contribution is -0.131. The summed E-state index contributed by atoms with van der Waals surface area (Å²) in [5, 5.41) is 4.13. The van der Waals surface area contributed by atoms with Gasteiger partial charge in [-0.2, -0.15) is 5.10 Å². The van der Waals surface area contributed by atoms with Gasteiger partial charge in [-0.3, -0.25) is 9.59 Å². The zero-order valence-electron chi connectivity index (χ0n) is 15.2. The predicted molar refractivity (Wildman–Crippen MR) is 96.8 cm³/mol. The number of ether oxygens (including phenoxy) is 1. The molecule has 1 amide bonds. The molecule has 1 aliphatic heterocycles. The van der Waals surface area contributed by atoms with Gasteiger partial charge in [-0.1, -0.05) is 6.07 Å². The van der Waals surface area contributed by atoms with Crippen LogP contribution in [0.25, 0.3) is 0 Å². The number of likely N-dealkylation sites (tertiary alicyclic amines) is 1. The van der Waals surface area contributed by atoms with Crippen LogP contribution in [0.2, 0.25) is 0 Å². The summed E-state index contributed by atoms with van der Waals surface area (Å²) >= 11 is 0. The van der Waals surface area contributed by atoms with E-state index in [0.717, 1.165) is 12.8 Å². The first-order chi connectivity index (χ1) is 13.0. The van der Waals surface area contributed by atoms with Crippen LogP contribution in [0.3, 0.4) is 0 Å². The zero-order chi connectivity index (χ0) is 19.0. The molecule has 2 heterocycles. The van der Waals surface area contributed by atoms with E-state index in [1.54, 1.807) is 30.0 Å². The Morgan fingerprint density at radius 1 is 1.26 bits per heavy atom. The maximum atomic E-state index is 13.4. The molecule has 6 nitrogen and oxygen atoms in total. The van der Waals surface area contributed by atoms with Crippen molar-refractivity contribution in [1.29, 1.82) is 0 Å². The van der Waals surface area contributed by atoms with Crippen LogP contribution in [0.5, 0.6) is 5.75 Å². The molecule has 1 saturated carbocycles. The molecule has 2 aliphatic rings. The molecule has 1 saturated heterocycles. The van der Waals surface area contributed by atoms with Crippen LogP contribution in [0, 0.1) is 24.6 Å². The van der Waals surface area contributed by atoms with E-state index in [0.29, 0.717) is 30.5 Å². The molecule has 1 aliphatic carbocycles. The molecule has 4 rings (SSSR count). The second kappa shape index (κ2) is 7.13. The molecule has 2 aromatic rings. The van der Waals surface area contributed by atoms with E-state index in [1.807, 2.05) is 0 Å². The summed E-state index contributed by atoms with van der Waals surface area (Å²) < 4.78 is 20.6. The van der Waals surface area contributed by atoms with Gasteiger partial charge >= 0.3 is 0 Å². The predicted octanol–water partition coefficient (Wildman–Crippen LogP) is 2.01. The summed E-state index contributed by atoms with van der Waals surface area (Å²) in [6.45, 7) is 3.02. The van der Waals surface area contributed by atoms with Crippen LogP contribution in [-0.2, 0) is 11.3 Å². The fourth-order valence-electron chi connectivity index (χ4n) is 4.17. The summed E-state index contributed by atoms with van der Waals surface area (Å²) in [6.07, 6.45) is 1.87. The number of benzene rings is 1. The molecule has 2 fully saturated rings. The monoisotopic (exact) mass is 371 g/mol. The summed E-state index contributed by atoms with van der Waals surface area (Å²) in [5.41, 5.74) is 0.421. The molecule has 142 valence electrons. The second-order valence-electron chi connectivity index (χ2n) is 7.38. The Hall–Kier alpha value is -2.70. The molecule has 0 N–H and O–H groups in total. The Morgan fingerprint density at radius 2 is 2.11 bits per heavy atom. The fraction of sp³-hybridized carbons (Fsp3) is 0.450. The third-order valence-electron chi connectivity index (χ3n) is 5.51. The van der Waals surface area contributed by atoms with Gasteiger partial charge in [0.1, 0.15) is 24.2 Å². The van der Waals surface area contributed by atoms with Crippen LogP contribution >= 0.6 is 0 Å². The normalized spacial score (nSPS) is 24.1. The van der Waals surface area contributed by atoms with E-state index < -0.39 is 0 Å². The smallest absolute Gasteiger partial charge is 0.267 e. The van der Waals surface area contributed by atoms with Crippen molar-refractivity contribution in [3.8, 4) is 5.75 Å². The Bertz CT molecular complexity index is 913. The number of fused-ring (bicyclic) bond motifs is 1. The quantitative estimate of drug-likeness (QED) is 0.825. The molecule has 0 unspecified atom stereocenters. The minimum Gasteiger partial charge on any atom is -0.490 e. The third-order valence-corrected chi connectivity index (χ3v) is 5.51. The molecule has 1 aromatic carbocycles. The van der Waals surface area contributed by atoms with Gasteiger partial charge in [-0.05, 0) is 43.9 Å². The number of nitrogens with zero attached hydrogens (tertiary/aromatic N) is 3. The van der Waals surface area contributed by atoms with Crippen molar-refractivity contribution in [2.24, 2.45) is 11.8 Å². The first-order valence-electron chi connectivity index (χ1n) is 9.24. The van der Waals surface area contributed by atoms with E-state index in [9.17, 15) is 14.0 Å². The Labute approximate surface area is 156 Å². The number of halogens is 1. The molecule has 3 atom stereocenters. The van der Waals surface area contributed by atoms with Crippen LogP contribution in [0.1, 0.15) is 18.5 Å². The summed E-state index contributed by atoms with van der Waals surface area (Å²) in [6, 6.07) is 9.23. The van der Waals surface area contributed by atoms with Gasteiger partial charge in [0.15, 0.2) is 0 Å². The number of amides is 1. The van der Waals surface area contributed by atoms with Crippen molar-refractivity contribution in [2.45, 2.75) is 32.4 Å². The first kappa shape index (κ1) is 17.7. The Balaban J connectivity index is 1.41. The Morgan fingerprint density at radius 3 is 2.93 bits per heavy atom.